The van der Waals surface area contributed by atoms with Gasteiger partial charge in [-0.1, -0.05) is 41.9 Å². The molecule has 3 aliphatic rings. The minimum Gasteiger partial charge on any atom is -0.390 e. The molecular formula is C15H22BrClO2. The second-order valence-corrected chi connectivity index (χ2v) is 9.24. The molecule has 0 aromatic rings. The zero-order valence-electron chi connectivity index (χ0n) is 11.7. The van der Waals surface area contributed by atoms with E-state index in [1.54, 1.807) is 0 Å². The number of aliphatic hydroxyl groups excluding tert-OH is 1. The molecule has 2 nitrogen and oxygen atoms in total. The van der Waals surface area contributed by atoms with Gasteiger partial charge in [-0.3, -0.25) is 0 Å². The Labute approximate surface area is 128 Å². The van der Waals surface area contributed by atoms with Crippen molar-refractivity contribution in [1.82, 2.24) is 0 Å². The second-order valence-electron chi connectivity index (χ2n) is 7.27. The van der Waals surface area contributed by atoms with Gasteiger partial charge in [-0.05, 0) is 26.2 Å². The lowest BCUT2D eigenvalue weighted by Crippen LogP contribution is -2.57. The summed E-state index contributed by atoms with van der Waals surface area (Å²) in [6, 6.07) is 0. The summed E-state index contributed by atoms with van der Waals surface area (Å²) < 4.78 is 6.25. The molecule has 3 rings (SSSR count). The molecule has 1 spiro atoms. The van der Waals surface area contributed by atoms with Crippen molar-refractivity contribution in [2.75, 3.05) is 0 Å². The molecule has 2 bridgehead atoms. The molecule has 19 heavy (non-hydrogen) atoms. The van der Waals surface area contributed by atoms with E-state index in [-0.39, 0.29) is 32.7 Å². The minimum absolute atomic E-state index is 0.0561. The van der Waals surface area contributed by atoms with E-state index in [0.29, 0.717) is 6.42 Å². The van der Waals surface area contributed by atoms with E-state index in [2.05, 4.69) is 43.3 Å². The predicted octanol–water partition coefficient (Wildman–Crippen LogP) is 3.64. The third-order valence-electron chi connectivity index (χ3n) is 5.90. The third kappa shape index (κ3) is 1.62. The van der Waals surface area contributed by atoms with E-state index < -0.39 is 6.10 Å². The molecule has 0 aromatic carbocycles. The molecule has 0 aromatic heterocycles. The zero-order valence-corrected chi connectivity index (χ0v) is 14.1. The first-order valence-corrected chi connectivity index (χ1v) is 8.27. The third-order valence-corrected chi connectivity index (χ3v) is 7.91. The molecule has 1 aliphatic heterocycles. The predicted molar refractivity (Wildman–Crippen MR) is 80.8 cm³/mol. The van der Waals surface area contributed by atoms with Gasteiger partial charge in [-0.2, -0.15) is 0 Å². The van der Waals surface area contributed by atoms with E-state index in [4.69, 9.17) is 16.3 Å². The van der Waals surface area contributed by atoms with Gasteiger partial charge in [0.05, 0.1) is 23.2 Å². The number of fused-ring (bicyclic) bond motifs is 1. The monoisotopic (exact) mass is 348 g/mol. The van der Waals surface area contributed by atoms with Gasteiger partial charge in [0.1, 0.15) is 0 Å². The van der Waals surface area contributed by atoms with Gasteiger partial charge in [0.15, 0.2) is 0 Å². The quantitative estimate of drug-likeness (QED) is 0.534. The van der Waals surface area contributed by atoms with Crippen LogP contribution in [-0.4, -0.2) is 33.1 Å². The number of rotatable bonds is 0. The summed E-state index contributed by atoms with van der Waals surface area (Å²) in [5, 5.41) is 10.3. The number of halogens is 2. The lowest BCUT2D eigenvalue weighted by atomic mass is 9.49. The van der Waals surface area contributed by atoms with Gasteiger partial charge in [-0.25, -0.2) is 0 Å². The number of aliphatic hydroxyl groups is 1. The summed E-state index contributed by atoms with van der Waals surface area (Å²) in [6.07, 6.45) is 1.93. The van der Waals surface area contributed by atoms with Crippen LogP contribution in [0.25, 0.3) is 0 Å². The number of hydrogen-bond acceptors (Lipinski definition) is 2. The molecule has 1 N–H and O–H groups in total. The van der Waals surface area contributed by atoms with E-state index >= 15 is 0 Å². The minimum atomic E-state index is -0.436. The summed E-state index contributed by atoms with van der Waals surface area (Å²) >= 11 is 10.4. The molecule has 2 aliphatic carbocycles. The molecule has 6 atom stereocenters. The number of alkyl halides is 2. The highest BCUT2D eigenvalue weighted by molar-refractivity contribution is 9.09. The first-order chi connectivity index (χ1) is 8.63. The standard InChI is InChI=1S/C15H22BrClO2/c1-8-5-9(18)12-13(2,3)15(8)6-10(16)14(4,17)7-11(15)19-12/h9-12,18H,1,5-7H2,2-4H3/t9?,10?,11?,12-,14?,15?/m1/s1. The molecule has 1 saturated heterocycles. The molecule has 2 saturated carbocycles. The smallest absolute Gasteiger partial charge is 0.0901 e. The van der Waals surface area contributed by atoms with Crippen molar-refractivity contribution in [2.24, 2.45) is 10.8 Å². The summed E-state index contributed by atoms with van der Waals surface area (Å²) in [5.74, 6) is 0. The Hall–Kier alpha value is 0.430. The van der Waals surface area contributed by atoms with Crippen molar-refractivity contribution in [3.05, 3.63) is 12.2 Å². The Kier molecular flexibility index (Phi) is 3.02. The van der Waals surface area contributed by atoms with Gasteiger partial charge in [0.25, 0.3) is 0 Å². The van der Waals surface area contributed by atoms with Crippen molar-refractivity contribution >= 4 is 27.5 Å². The maximum atomic E-state index is 10.3. The van der Waals surface area contributed by atoms with E-state index in [0.717, 1.165) is 18.4 Å². The van der Waals surface area contributed by atoms with Crippen LogP contribution in [0.15, 0.2) is 12.2 Å². The summed E-state index contributed by atoms with van der Waals surface area (Å²) in [5.41, 5.74) is 0.992. The average Bonchev–Trinajstić information content (AvgIpc) is 2.41. The van der Waals surface area contributed by atoms with Crippen molar-refractivity contribution < 1.29 is 9.84 Å². The van der Waals surface area contributed by atoms with Crippen LogP contribution in [0.4, 0.5) is 0 Å². The fraction of sp³-hybridized carbons (Fsp3) is 0.867. The Balaban J connectivity index is 2.10. The highest BCUT2D eigenvalue weighted by atomic mass is 79.9. The Morgan fingerprint density at radius 1 is 1.37 bits per heavy atom. The summed E-state index contributed by atoms with van der Waals surface area (Å²) in [7, 11) is 0. The topological polar surface area (TPSA) is 29.5 Å². The number of ether oxygens (including phenoxy) is 1. The van der Waals surface area contributed by atoms with Crippen LogP contribution in [0, 0.1) is 10.8 Å². The van der Waals surface area contributed by atoms with Gasteiger partial charge < -0.3 is 9.84 Å². The summed E-state index contributed by atoms with van der Waals surface area (Å²) in [4.78, 5) is -0.0548. The average molecular weight is 350 g/mol. The van der Waals surface area contributed by atoms with Crippen molar-refractivity contribution in [3.63, 3.8) is 0 Å². The SMILES string of the molecule is C=C1CC(O)[C@H]2OC3CC(C)(Cl)C(Br)CC13C2(C)C. The maximum Gasteiger partial charge on any atom is 0.0901 e. The van der Waals surface area contributed by atoms with Crippen molar-refractivity contribution in [3.8, 4) is 0 Å². The van der Waals surface area contributed by atoms with E-state index in [1.807, 2.05) is 0 Å². The Bertz CT molecular complexity index is 434. The molecule has 108 valence electrons. The lowest BCUT2D eigenvalue weighted by Gasteiger charge is -2.55. The number of hydrogen-bond donors (Lipinski definition) is 1. The van der Waals surface area contributed by atoms with Crippen LogP contribution < -0.4 is 0 Å². The van der Waals surface area contributed by atoms with Crippen molar-refractivity contribution in [2.45, 2.75) is 68.0 Å². The summed E-state index contributed by atoms with van der Waals surface area (Å²) in [6.45, 7) is 10.8. The fourth-order valence-electron chi connectivity index (χ4n) is 4.68. The van der Waals surface area contributed by atoms with E-state index in [9.17, 15) is 5.11 Å². The highest BCUT2D eigenvalue weighted by Gasteiger charge is 2.70. The van der Waals surface area contributed by atoms with Crippen LogP contribution in [0.3, 0.4) is 0 Å². The van der Waals surface area contributed by atoms with Crippen molar-refractivity contribution in [1.29, 1.82) is 0 Å². The second kappa shape index (κ2) is 4.00. The van der Waals surface area contributed by atoms with Gasteiger partial charge in [0.2, 0.25) is 0 Å². The highest BCUT2D eigenvalue weighted by Crippen LogP contribution is 2.68. The lowest BCUT2D eigenvalue weighted by molar-refractivity contribution is -0.0646. The van der Waals surface area contributed by atoms with Gasteiger partial charge >= 0.3 is 0 Å². The molecule has 4 heteroatoms. The van der Waals surface area contributed by atoms with Crippen LogP contribution in [0.1, 0.15) is 40.0 Å². The molecule has 3 fully saturated rings. The fourth-order valence-corrected chi connectivity index (χ4v) is 5.59. The largest absolute Gasteiger partial charge is 0.390 e. The molecule has 0 radical (unpaired) electrons. The van der Waals surface area contributed by atoms with Crippen LogP contribution >= 0.6 is 27.5 Å². The normalized spacial score (nSPS) is 56.0. The first kappa shape index (κ1) is 14.4. The Morgan fingerprint density at radius 3 is 2.63 bits per heavy atom. The maximum absolute atomic E-state index is 10.3. The van der Waals surface area contributed by atoms with Crippen LogP contribution in [0.2, 0.25) is 0 Å². The van der Waals surface area contributed by atoms with E-state index in [1.165, 1.54) is 0 Å². The molecular weight excluding hydrogens is 328 g/mol. The zero-order chi connectivity index (χ0) is 14.2. The van der Waals surface area contributed by atoms with Gasteiger partial charge in [-0.15, -0.1) is 11.6 Å². The van der Waals surface area contributed by atoms with Crippen LogP contribution in [-0.2, 0) is 4.74 Å². The molecule has 1 heterocycles. The Morgan fingerprint density at radius 2 is 2.00 bits per heavy atom. The first-order valence-electron chi connectivity index (χ1n) is 6.98. The van der Waals surface area contributed by atoms with Gasteiger partial charge in [0, 0.05) is 15.7 Å². The molecule has 0 amide bonds. The van der Waals surface area contributed by atoms with Crippen LogP contribution in [0.5, 0.6) is 0 Å². The molecule has 5 unspecified atom stereocenters.